The molecule has 1 aromatic rings. The number of carbonyl (C=O) groups is 2. The van der Waals surface area contributed by atoms with E-state index in [1.165, 1.54) is 12.1 Å². The summed E-state index contributed by atoms with van der Waals surface area (Å²) in [6, 6.07) is 3.81. The molecule has 1 heterocycles. The van der Waals surface area contributed by atoms with Gasteiger partial charge in [-0.1, -0.05) is 0 Å². The van der Waals surface area contributed by atoms with Crippen LogP contribution >= 0.6 is 0 Å². The van der Waals surface area contributed by atoms with Crippen molar-refractivity contribution in [3.05, 3.63) is 29.6 Å². The van der Waals surface area contributed by atoms with Gasteiger partial charge in [-0.2, -0.15) is 0 Å². The van der Waals surface area contributed by atoms with Gasteiger partial charge in [0.2, 0.25) is 0 Å². The molecule has 23 heavy (non-hydrogen) atoms. The Kier molecular flexibility index (Phi) is 4.76. The number of benzene rings is 1. The first-order valence-corrected chi connectivity index (χ1v) is 7.98. The SMILES string of the molecule is O=C(NCC1CC1)Nc1ccc(C(=O)N2CCNCC2)c(F)c1. The predicted octanol–water partition coefficient (Wildman–Crippen LogP) is 1.40. The summed E-state index contributed by atoms with van der Waals surface area (Å²) in [7, 11) is 0. The molecular formula is C16H21FN4O2. The zero-order chi connectivity index (χ0) is 16.2. The van der Waals surface area contributed by atoms with Gasteiger partial charge in [0.15, 0.2) is 0 Å². The van der Waals surface area contributed by atoms with Crippen LogP contribution in [0.4, 0.5) is 14.9 Å². The lowest BCUT2D eigenvalue weighted by Crippen LogP contribution is -2.46. The van der Waals surface area contributed by atoms with Gasteiger partial charge in [-0.25, -0.2) is 9.18 Å². The van der Waals surface area contributed by atoms with Crippen molar-refractivity contribution in [3.8, 4) is 0 Å². The first-order valence-electron chi connectivity index (χ1n) is 7.98. The highest BCUT2D eigenvalue weighted by atomic mass is 19.1. The third-order valence-corrected chi connectivity index (χ3v) is 4.11. The lowest BCUT2D eigenvalue weighted by molar-refractivity contribution is 0.0731. The second kappa shape index (κ2) is 6.95. The summed E-state index contributed by atoms with van der Waals surface area (Å²) in [6.07, 6.45) is 2.30. The molecule has 7 heteroatoms. The van der Waals surface area contributed by atoms with Crippen molar-refractivity contribution in [2.75, 3.05) is 38.0 Å². The fraction of sp³-hybridized carbons (Fsp3) is 0.500. The summed E-state index contributed by atoms with van der Waals surface area (Å²) in [4.78, 5) is 25.6. The smallest absolute Gasteiger partial charge is 0.319 e. The molecule has 3 rings (SSSR count). The van der Waals surface area contributed by atoms with Crippen LogP contribution in [-0.4, -0.2) is 49.6 Å². The predicted molar refractivity (Wildman–Crippen MR) is 84.9 cm³/mol. The van der Waals surface area contributed by atoms with Gasteiger partial charge in [0.25, 0.3) is 5.91 Å². The van der Waals surface area contributed by atoms with Gasteiger partial charge in [0.05, 0.1) is 5.56 Å². The van der Waals surface area contributed by atoms with Crippen molar-refractivity contribution in [1.29, 1.82) is 0 Å². The van der Waals surface area contributed by atoms with Gasteiger partial charge in [-0.05, 0) is 37.0 Å². The van der Waals surface area contributed by atoms with E-state index in [0.29, 0.717) is 44.3 Å². The molecule has 0 unspecified atom stereocenters. The van der Waals surface area contributed by atoms with Crippen molar-refractivity contribution < 1.29 is 14.0 Å². The van der Waals surface area contributed by atoms with Crippen LogP contribution in [0.3, 0.4) is 0 Å². The lowest BCUT2D eigenvalue weighted by Gasteiger charge is -2.27. The van der Waals surface area contributed by atoms with E-state index in [4.69, 9.17) is 0 Å². The summed E-state index contributed by atoms with van der Waals surface area (Å²) in [6.45, 7) is 3.22. The van der Waals surface area contributed by atoms with E-state index >= 15 is 0 Å². The monoisotopic (exact) mass is 320 g/mol. The standard InChI is InChI=1S/C16H21FN4O2/c17-14-9-12(20-16(23)19-10-11-1-2-11)3-4-13(14)15(22)21-7-5-18-6-8-21/h3-4,9,11,18H,1-2,5-8,10H2,(H2,19,20,23). The van der Waals surface area contributed by atoms with Crippen LogP contribution in [-0.2, 0) is 0 Å². The highest BCUT2D eigenvalue weighted by molar-refractivity contribution is 5.96. The molecular weight excluding hydrogens is 299 g/mol. The van der Waals surface area contributed by atoms with Gasteiger partial charge in [-0.3, -0.25) is 4.79 Å². The third kappa shape index (κ3) is 4.19. The fourth-order valence-electron chi connectivity index (χ4n) is 2.54. The van der Waals surface area contributed by atoms with E-state index in [0.717, 1.165) is 12.8 Å². The average Bonchev–Trinajstić information content (AvgIpc) is 3.38. The molecule has 1 aromatic carbocycles. The van der Waals surface area contributed by atoms with Crippen molar-refractivity contribution in [2.45, 2.75) is 12.8 Å². The zero-order valence-electron chi connectivity index (χ0n) is 12.9. The number of rotatable bonds is 4. The Morgan fingerprint density at radius 2 is 2.00 bits per heavy atom. The summed E-state index contributed by atoms with van der Waals surface area (Å²) < 4.78 is 14.2. The topological polar surface area (TPSA) is 73.5 Å². The molecule has 0 aromatic heterocycles. The number of hydrogen-bond donors (Lipinski definition) is 3. The van der Waals surface area contributed by atoms with Crippen molar-refractivity contribution >= 4 is 17.6 Å². The number of carbonyl (C=O) groups excluding carboxylic acids is 2. The van der Waals surface area contributed by atoms with Crippen molar-refractivity contribution in [3.63, 3.8) is 0 Å². The molecule has 1 aliphatic heterocycles. The van der Waals surface area contributed by atoms with Gasteiger partial charge in [0, 0.05) is 38.4 Å². The third-order valence-electron chi connectivity index (χ3n) is 4.11. The Morgan fingerprint density at radius 1 is 1.26 bits per heavy atom. The molecule has 2 aliphatic rings. The molecule has 3 amide bonds. The van der Waals surface area contributed by atoms with Gasteiger partial charge in [-0.15, -0.1) is 0 Å². The number of urea groups is 1. The van der Waals surface area contributed by atoms with Crippen LogP contribution in [0.2, 0.25) is 0 Å². The largest absolute Gasteiger partial charge is 0.338 e. The van der Waals surface area contributed by atoms with Gasteiger partial charge >= 0.3 is 6.03 Å². The van der Waals surface area contributed by atoms with Crippen molar-refractivity contribution in [1.82, 2.24) is 15.5 Å². The van der Waals surface area contributed by atoms with Gasteiger partial charge in [0.1, 0.15) is 5.82 Å². The molecule has 0 radical (unpaired) electrons. The van der Waals surface area contributed by atoms with Crippen LogP contribution in [0.5, 0.6) is 0 Å². The minimum atomic E-state index is -0.617. The number of halogens is 1. The van der Waals surface area contributed by atoms with E-state index in [-0.39, 0.29) is 17.5 Å². The number of anilines is 1. The number of amides is 3. The van der Waals surface area contributed by atoms with Gasteiger partial charge < -0.3 is 20.9 Å². The molecule has 0 atom stereocenters. The molecule has 1 saturated carbocycles. The van der Waals surface area contributed by atoms with E-state index in [1.807, 2.05) is 0 Å². The minimum Gasteiger partial charge on any atom is -0.338 e. The highest BCUT2D eigenvalue weighted by Crippen LogP contribution is 2.27. The van der Waals surface area contributed by atoms with E-state index in [1.54, 1.807) is 11.0 Å². The van der Waals surface area contributed by atoms with Crippen molar-refractivity contribution in [2.24, 2.45) is 5.92 Å². The Labute approximate surface area is 134 Å². The van der Waals surface area contributed by atoms with Crippen LogP contribution in [0.15, 0.2) is 18.2 Å². The van der Waals surface area contributed by atoms with E-state index in [2.05, 4.69) is 16.0 Å². The second-order valence-electron chi connectivity index (χ2n) is 6.02. The maximum absolute atomic E-state index is 14.2. The summed E-state index contributed by atoms with van der Waals surface area (Å²) in [5.74, 6) is -0.348. The molecule has 1 saturated heterocycles. The lowest BCUT2D eigenvalue weighted by atomic mass is 10.1. The molecule has 124 valence electrons. The maximum Gasteiger partial charge on any atom is 0.319 e. The van der Waals surface area contributed by atoms with E-state index < -0.39 is 5.82 Å². The number of nitrogens with one attached hydrogen (secondary N) is 3. The summed E-state index contributed by atoms with van der Waals surface area (Å²) in [5.41, 5.74) is 0.378. The minimum absolute atomic E-state index is 0.0378. The molecule has 0 bridgehead atoms. The number of piperazine rings is 1. The second-order valence-corrected chi connectivity index (χ2v) is 6.02. The Bertz CT molecular complexity index is 598. The zero-order valence-corrected chi connectivity index (χ0v) is 12.9. The fourth-order valence-corrected chi connectivity index (χ4v) is 2.54. The first kappa shape index (κ1) is 15.7. The van der Waals surface area contributed by atoms with Crippen LogP contribution in [0, 0.1) is 11.7 Å². The van der Waals surface area contributed by atoms with Crippen LogP contribution < -0.4 is 16.0 Å². The molecule has 0 spiro atoms. The number of nitrogens with zero attached hydrogens (tertiary/aromatic N) is 1. The quantitative estimate of drug-likeness (QED) is 0.785. The Balaban J connectivity index is 1.60. The molecule has 6 nitrogen and oxygen atoms in total. The average molecular weight is 320 g/mol. The van der Waals surface area contributed by atoms with E-state index in [9.17, 15) is 14.0 Å². The Hall–Kier alpha value is -2.15. The van der Waals surface area contributed by atoms with Crippen LogP contribution in [0.25, 0.3) is 0 Å². The first-order chi connectivity index (χ1) is 11.1. The molecule has 1 aliphatic carbocycles. The molecule has 2 fully saturated rings. The summed E-state index contributed by atoms with van der Waals surface area (Å²) in [5, 5.41) is 8.48. The number of hydrogen-bond acceptors (Lipinski definition) is 3. The summed E-state index contributed by atoms with van der Waals surface area (Å²) >= 11 is 0. The normalized spacial score (nSPS) is 17.7. The maximum atomic E-state index is 14.2. The van der Waals surface area contributed by atoms with Crippen LogP contribution in [0.1, 0.15) is 23.2 Å². The molecule has 3 N–H and O–H groups in total. The Morgan fingerprint density at radius 3 is 2.65 bits per heavy atom. The highest BCUT2D eigenvalue weighted by Gasteiger charge is 2.22.